The van der Waals surface area contributed by atoms with E-state index >= 15 is 0 Å². The summed E-state index contributed by atoms with van der Waals surface area (Å²) >= 11 is 1.68. The van der Waals surface area contributed by atoms with Gasteiger partial charge in [-0.15, -0.1) is 11.8 Å². The third-order valence-corrected chi connectivity index (χ3v) is 6.49. The number of likely N-dealkylation sites (tertiary alicyclic amines) is 1. The second kappa shape index (κ2) is 10.0. The summed E-state index contributed by atoms with van der Waals surface area (Å²) in [6, 6.07) is 8.10. The Balaban J connectivity index is 1.63. The van der Waals surface area contributed by atoms with Crippen LogP contribution in [0.25, 0.3) is 0 Å². The van der Waals surface area contributed by atoms with Crippen LogP contribution in [0.4, 0.5) is 0 Å². The lowest BCUT2D eigenvalue weighted by molar-refractivity contribution is -0.126. The quantitative estimate of drug-likeness (QED) is 0.528. The van der Waals surface area contributed by atoms with E-state index in [-0.39, 0.29) is 17.7 Å². The Labute approximate surface area is 186 Å². The molecule has 2 N–H and O–H groups in total. The number of nitrogens with zero attached hydrogens (tertiary/aromatic N) is 1. The average molecular weight is 444 g/mol. The molecule has 3 rings (SSSR count). The number of H-pyrrole nitrogens is 1. The first kappa shape index (κ1) is 22.9. The fourth-order valence-electron chi connectivity index (χ4n) is 3.98. The number of carbonyl (C=O) groups is 3. The molecule has 166 valence electrons. The van der Waals surface area contributed by atoms with E-state index in [0.717, 1.165) is 18.4 Å². The standard InChI is InChI=1S/C23H29N3O4S/c1-14-19(23(29)30-3)15(2)25-20(14)22(28)26-11-5-6-17(13-26)21(27)24-12-16-7-9-18(31-4)10-8-16/h7-10,17,25H,5-6,11-13H2,1-4H3,(H,24,27)/t17-/m1/s1. The Morgan fingerprint density at radius 1 is 1.23 bits per heavy atom. The number of aromatic nitrogens is 1. The van der Waals surface area contributed by atoms with Crippen molar-refractivity contribution in [1.29, 1.82) is 0 Å². The van der Waals surface area contributed by atoms with Crippen molar-refractivity contribution in [2.24, 2.45) is 5.92 Å². The normalized spacial score (nSPS) is 16.1. The number of benzene rings is 1. The van der Waals surface area contributed by atoms with Crippen LogP contribution in [-0.2, 0) is 16.1 Å². The van der Waals surface area contributed by atoms with E-state index in [4.69, 9.17) is 4.74 Å². The van der Waals surface area contributed by atoms with Crippen LogP contribution in [0.2, 0.25) is 0 Å². The molecule has 0 saturated carbocycles. The SMILES string of the molecule is COC(=O)c1c(C)[nH]c(C(=O)N2CCC[C@@H](C(=O)NCc3ccc(SC)cc3)C2)c1C. The van der Waals surface area contributed by atoms with Gasteiger partial charge in [-0.3, -0.25) is 9.59 Å². The topological polar surface area (TPSA) is 91.5 Å². The van der Waals surface area contributed by atoms with Gasteiger partial charge in [-0.25, -0.2) is 4.79 Å². The second-order valence-electron chi connectivity index (χ2n) is 7.77. The second-order valence-corrected chi connectivity index (χ2v) is 8.65. The number of ether oxygens (including phenoxy) is 1. The number of aromatic amines is 1. The van der Waals surface area contributed by atoms with Gasteiger partial charge >= 0.3 is 5.97 Å². The van der Waals surface area contributed by atoms with E-state index in [1.807, 2.05) is 30.5 Å². The summed E-state index contributed by atoms with van der Waals surface area (Å²) in [5.41, 5.74) is 3.00. The van der Waals surface area contributed by atoms with Crippen molar-refractivity contribution >= 4 is 29.5 Å². The zero-order valence-corrected chi connectivity index (χ0v) is 19.2. The molecule has 2 amide bonds. The number of hydrogen-bond acceptors (Lipinski definition) is 5. The van der Waals surface area contributed by atoms with Crippen LogP contribution >= 0.6 is 11.8 Å². The van der Waals surface area contributed by atoms with Gasteiger partial charge in [-0.1, -0.05) is 12.1 Å². The summed E-state index contributed by atoms with van der Waals surface area (Å²) in [7, 11) is 1.32. The molecule has 0 bridgehead atoms. The minimum atomic E-state index is -0.466. The number of nitrogens with one attached hydrogen (secondary N) is 2. The third-order valence-electron chi connectivity index (χ3n) is 5.75. The summed E-state index contributed by atoms with van der Waals surface area (Å²) in [6.45, 7) is 4.90. The van der Waals surface area contributed by atoms with Gasteiger partial charge < -0.3 is 19.9 Å². The van der Waals surface area contributed by atoms with E-state index < -0.39 is 5.97 Å². The predicted octanol–water partition coefficient (Wildman–Crippen LogP) is 3.31. The van der Waals surface area contributed by atoms with Gasteiger partial charge in [0, 0.05) is 30.2 Å². The molecule has 2 aromatic rings. The highest BCUT2D eigenvalue weighted by Gasteiger charge is 2.31. The van der Waals surface area contributed by atoms with Gasteiger partial charge in [0.2, 0.25) is 5.91 Å². The van der Waals surface area contributed by atoms with E-state index in [1.165, 1.54) is 12.0 Å². The summed E-state index contributed by atoms with van der Waals surface area (Å²) in [4.78, 5) is 43.8. The number of amides is 2. The minimum Gasteiger partial charge on any atom is -0.465 e. The molecule has 7 nitrogen and oxygen atoms in total. The molecule has 1 aromatic carbocycles. The molecule has 0 unspecified atom stereocenters. The molecule has 1 atom stereocenters. The van der Waals surface area contributed by atoms with Gasteiger partial charge in [-0.2, -0.15) is 0 Å². The molecule has 31 heavy (non-hydrogen) atoms. The smallest absolute Gasteiger partial charge is 0.339 e. The molecule has 1 aromatic heterocycles. The maximum absolute atomic E-state index is 13.1. The number of thioether (sulfide) groups is 1. The Hall–Kier alpha value is -2.74. The summed E-state index contributed by atoms with van der Waals surface area (Å²) in [6.07, 6.45) is 3.53. The van der Waals surface area contributed by atoms with Crippen molar-refractivity contribution in [2.75, 3.05) is 26.5 Å². The number of esters is 1. The molecule has 0 radical (unpaired) electrons. The highest BCUT2D eigenvalue weighted by Crippen LogP contribution is 2.24. The van der Waals surface area contributed by atoms with Crippen molar-refractivity contribution in [3.8, 4) is 0 Å². The van der Waals surface area contributed by atoms with E-state index in [1.54, 1.807) is 30.5 Å². The van der Waals surface area contributed by atoms with Crippen molar-refractivity contribution in [2.45, 2.75) is 38.1 Å². The Morgan fingerprint density at radius 2 is 1.94 bits per heavy atom. The molecule has 0 spiro atoms. The molecular weight excluding hydrogens is 414 g/mol. The number of hydrogen-bond donors (Lipinski definition) is 2. The van der Waals surface area contributed by atoms with E-state index in [2.05, 4.69) is 10.3 Å². The van der Waals surface area contributed by atoms with Gasteiger partial charge in [-0.05, 0) is 56.2 Å². The lowest BCUT2D eigenvalue weighted by Crippen LogP contribution is -2.45. The number of methoxy groups -OCH3 is 1. The van der Waals surface area contributed by atoms with Crippen LogP contribution in [0.15, 0.2) is 29.2 Å². The number of aryl methyl sites for hydroxylation is 1. The maximum atomic E-state index is 13.1. The predicted molar refractivity (Wildman–Crippen MR) is 120 cm³/mol. The lowest BCUT2D eigenvalue weighted by Gasteiger charge is -2.32. The monoisotopic (exact) mass is 443 g/mol. The lowest BCUT2D eigenvalue weighted by atomic mass is 9.96. The van der Waals surface area contributed by atoms with Crippen LogP contribution in [0.1, 0.15) is 50.5 Å². The van der Waals surface area contributed by atoms with Gasteiger partial charge in [0.25, 0.3) is 5.91 Å². The van der Waals surface area contributed by atoms with Crippen LogP contribution in [-0.4, -0.2) is 54.1 Å². The highest BCUT2D eigenvalue weighted by molar-refractivity contribution is 7.98. The summed E-state index contributed by atoms with van der Waals surface area (Å²) in [5.74, 6) is -0.951. The number of carbonyl (C=O) groups excluding carboxylic acids is 3. The molecule has 1 aliphatic heterocycles. The largest absolute Gasteiger partial charge is 0.465 e. The van der Waals surface area contributed by atoms with Crippen molar-refractivity contribution < 1.29 is 19.1 Å². The Morgan fingerprint density at radius 3 is 2.58 bits per heavy atom. The van der Waals surface area contributed by atoms with Crippen molar-refractivity contribution in [3.05, 3.63) is 52.3 Å². The van der Waals surface area contributed by atoms with E-state index in [9.17, 15) is 14.4 Å². The van der Waals surface area contributed by atoms with Crippen LogP contribution < -0.4 is 5.32 Å². The van der Waals surface area contributed by atoms with E-state index in [0.29, 0.717) is 42.1 Å². The molecule has 2 heterocycles. The summed E-state index contributed by atoms with van der Waals surface area (Å²) in [5, 5.41) is 3.00. The Bertz CT molecular complexity index is 968. The van der Waals surface area contributed by atoms with Crippen LogP contribution in [0, 0.1) is 19.8 Å². The fourth-order valence-corrected chi connectivity index (χ4v) is 4.39. The zero-order chi connectivity index (χ0) is 22.5. The van der Waals surface area contributed by atoms with Crippen LogP contribution in [0.3, 0.4) is 0 Å². The zero-order valence-electron chi connectivity index (χ0n) is 18.4. The first-order valence-electron chi connectivity index (χ1n) is 10.3. The first-order chi connectivity index (χ1) is 14.8. The van der Waals surface area contributed by atoms with Crippen molar-refractivity contribution in [1.82, 2.24) is 15.2 Å². The molecular formula is C23H29N3O4S. The maximum Gasteiger partial charge on any atom is 0.339 e. The average Bonchev–Trinajstić information content (AvgIpc) is 3.10. The molecule has 0 aliphatic carbocycles. The first-order valence-corrected chi connectivity index (χ1v) is 11.6. The van der Waals surface area contributed by atoms with Gasteiger partial charge in [0.1, 0.15) is 5.69 Å². The highest BCUT2D eigenvalue weighted by atomic mass is 32.2. The minimum absolute atomic E-state index is 0.0407. The Kier molecular flexibility index (Phi) is 7.43. The molecule has 1 aliphatic rings. The van der Waals surface area contributed by atoms with Crippen molar-refractivity contribution in [3.63, 3.8) is 0 Å². The molecule has 1 fully saturated rings. The van der Waals surface area contributed by atoms with Crippen LogP contribution in [0.5, 0.6) is 0 Å². The van der Waals surface area contributed by atoms with Gasteiger partial charge in [0.15, 0.2) is 0 Å². The number of piperidine rings is 1. The van der Waals surface area contributed by atoms with Gasteiger partial charge in [0.05, 0.1) is 18.6 Å². The fraction of sp³-hybridized carbons (Fsp3) is 0.435. The molecule has 8 heteroatoms. The third kappa shape index (κ3) is 5.12. The number of rotatable bonds is 6. The molecule has 1 saturated heterocycles. The summed E-state index contributed by atoms with van der Waals surface area (Å²) < 4.78 is 4.82.